The summed E-state index contributed by atoms with van der Waals surface area (Å²) in [7, 11) is 0. The predicted octanol–water partition coefficient (Wildman–Crippen LogP) is -1.42. The zero-order valence-electron chi connectivity index (χ0n) is 21.7. The summed E-state index contributed by atoms with van der Waals surface area (Å²) in [5, 5.41) is 38.9. The lowest BCUT2D eigenvalue weighted by Crippen LogP contribution is -2.54. The number of carboxylic acids is 3. The number of fused-ring (bicyclic) bond motifs is 1. The van der Waals surface area contributed by atoms with Gasteiger partial charge in [0, 0.05) is 31.3 Å². The minimum Gasteiger partial charge on any atom is -0.550 e. The van der Waals surface area contributed by atoms with Gasteiger partial charge < -0.3 is 53.9 Å². The highest BCUT2D eigenvalue weighted by atomic mass is 16.6. The molecule has 1 heterocycles. The van der Waals surface area contributed by atoms with Gasteiger partial charge in [0.05, 0.1) is 5.97 Å². The Morgan fingerprint density at radius 3 is 2.08 bits per heavy atom. The van der Waals surface area contributed by atoms with Crippen molar-refractivity contribution in [2.45, 2.75) is 45.1 Å². The number of nitrogens with zero attached hydrogens (tertiary/aromatic N) is 1. The number of para-hydroxylation sites is 2. The molecule has 0 amide bonds. The van der Waals surface area contributed by atoms with Crippen LogP contribution in [0.15, 0.2) is 59.6 Å². The first-order valence-electron chi connectivity index (χ1n) is 12.3. The highest BCUT2D eigenvalue weighted by Gasteiger charge is 2.31. The van der Waals surface area contributed by atoms with Crippen molar-refractivity contribution < 1.29 is 53.8 Å². The van der Waals surface area contributed by atoms with E-state index in [1.807, 2.05) is 30.4 Å². The maximum absolute atomic E-state index is 12.7. The third-order valence-corrected chi connectivity index (χ3v) is 5.76. The summed E-state index contributed by atoms with van der Waals surface area (Å²) in [6.07, 6.45) is 5.01. The number of carbonyl (C=O) groups is 4. The quantitative estimate of drug-likeness (QED) is 0.303. The van der Waals surface area contributed by atoms with Crippen molar-refractivity contribution in [2.75, 3.05) is 26.2 Å². The number of aliphatic hydroxyl groups is 1. The Bertz CT molecular complexity index is 1130. The van der Waals surface area contributed by atoms with E-state index in [-0.39, 0.29) is 5.76 Å². The van der Waals surface area contributed by atoms with E-state index in [4.69, 9.17) is 19.3 Å². The van der Waals surface area contributed by atoms with Crippen LogP contribution >= 0.6 is 0 Å². The van der Waals surface area contributed by atoms with Gasteiger partial charge in [0.2, 0.25) is 0 Å². The monoisotopic (exact) mass is 544 g/mol. The van der Waals surface area contributed by atoms with Crippen LogP contribution in [0.2, 0.25) is 0 Å². The van der Waals surface area contributed by atoms with Gasteiger partial charge in [-0.05, 0) is 43.6 Å². The Hall–Kier alpha value is -4.16. The molecule has 0 spiro atoms. The van der Waals surface area contributed by atoms with E-state index in [9.17, 15) is 34.5 Å². The molecule has 0 atom stereocenters. The molecule has 12 heteroatoms. The molecule has 212 valence electrons. The number of rotatable bonds is 12. The molecular formula is C27H30NO11-3. The summed E-state index contributed by atoms with van der Waals surface area (Å²) < 4.78 is 17.4. The number of esters is 1. The fourth-order valence-electron chi connectivity index (χ4n) is 3.63. The molecule has 1 aliphatic heterocycles. The van der Waals surface area contributed by atoms with E-state index in [2.05, 4.69) is 24.8 Å². The third kappa shape index (κ3) is 9.27. The molecule has 1 N–H and O–H groups in total. The molecule has 0 saturated heterocycles. The Kier molecular flexibility index (Phi) is 11.7. The Morgan fingerprint density at radius 2 is 1.59 bits per heavy atom. The van der Waals surface area contributed by atoms with E-state index < -0.39 is 42.3 Å². The molecule has 3 rings (SSSR count). The molecular weight excluding hydrogens is 514 g/mol. The van der Waals surface area contributed by atoms with Crippen LogP contribution in [0.5, 0.6) is 11.5 Å². The normalized spacial score (nSPS) is 14.2. The molecule has 12 nitrogen and oxygen atoms in total. The van der Waals surface area contributed by atoms with Crippen molar-refractivity contribution in [3.8, 4) is 11.5 Å². The summed E-state index contributed by atoms with van der Waals surface area (Å²) in [5.41, 5.74) is -2.03. The van der Waals surface area contributed by atoms with Crippen molar-refractivity contribution >= 4 is 23.9 Å². The molecule has 1 aliphatic carbocycles. The number of likely N-dealkylation sites (N-methyl/N-ethyl adjacent to an activating group) is 1. The van der Waals surface area contributed by atoms with Crippen LogP contribution in [-0.2, 0) is 23.9 Å². The average molecular weight is 545 g/mol. The van der Waals surface area contributed by atoms with Gasteiger partial charge in [-0.2, -0.15) is 0 Å². The molecule has 1 aromatic rings. The van der Waals surface area contributed by atoms with Crippen LogP contribution < -0.4 is 24.8 Å². The zero-order valence-corrected chi connectivity index (χ0v) is 21.7. The van der Waals surface area contributed by atoms with Gasteiger partial charge in [0.25, 0.3) is 5.76 Å². The van der Waals surface area contributed by atoms with Crippen molar-refractivity contribution in [3.05, 3.63) is 59.6 Å². The van der Waals surface area contributed by atoms with E-state index in [0.717, 1.165) is 31.5 Å². The summed E-state index contributed by atoms with van der Waals surface area (Å²) in [6, 6.07) is 7.34. The number of aliphatic carboxylic acids is 3. The highest BCUT2D eigenvalue weighted by molar-refractivity contribution is 5.89. The Labute approximate surface area is 225 Å². The molecule has 2 aliphatic rings. The molecule has 0 fully saturated rings. The lowest BCUT2D eigenvalue weighted by molar-refractivity contribution is -0.339. The highest BCUT2D eigenvalue weighted by Crippen LogP contribution is 2.38. The third-order valence-electron chi connectivity index (χ3n) is 5.76. The number of allylic oxidation sites excluding steroid dienone is 4. The fraction of sp³-hybridized carbons (Fsp3) is 0.407. The minimum atomic E-state index is -2.97. The molecule has 0 aromatic heterocycles. The van der Waals surface area contributed by atoms with Gasteiger partial charge in [-0.15, -0.1) is 0 Å². The summed E-state index contributed by atoms with van der Waals surface area (Å²) in [4.78, 5) is 44.9. The minimum absolute atomic E-state index is 0.129. The number of benzene rings is 1. The average Bonchev–Trinajstić information content (AvgIpc) is 2.90. The first kappa shape index (κ1) is 31.1. The van der Waals surface area contributed by atoms with Gasteiger partial charge in [0.15, 0.2) is 17.3 Å². The molecule has 1 aromatic carbocycles. The zero-order chi connectivity index (χ0) is 29.0. The predicted molar refractivity (Wildman–Crippen MR) is 129 cm³/mol. The lowest BCUT2D eigenvalue weighted by Gasteiger charge is -2.29. The first-order valence-corrected chi connectivity index (χ1v) is 12.3. The summed E-state index contributed by atoms with van der Waals surface area (Å²) in [5.74, 6) is -4.75. The Morgan fingerprint density at radius 1 is 1.00 bits per heavy atom. The van der Waals surface area contributed by atoms with Gasteiger partial charge in [-0.3, -0.25) is 0 Å². The Balaban J connectivity index is 0.000000349. The number of hydrogen-bond donors (Lipinski definition) is 1. The van der Waals surface area contributed by atoms with Crippen LogP contribution in [0.4, 0.5) is 0 Å². The molecule has 39 heavy (non-hydrogen) atoms. The topological polar surface area (TPSA) is 189 Å². The number of carbonyl (C=O) groups excluding carboxylic acids is 4. The second kappa shape index (κ2) is 14.7. The van der Waals surface area contributed by atoms with E-state index in [1.54, 1.807) is 6.07 Å². The maximum Gasteiger partial charge on any atom is 0.378 e. The van der Waals surface area contributed by atoms with Crippen molar-refractivity contribution in [2.24, 2.45) is 0 Å². The maximum atomic E-state index is 12.7. The van der Waals surface area contributed by atoms with Crippen molar-refractivity contribution in [1.82, 2.24) is 4.90 Å². The van der Waals surface area contributed by atoms with Crippen LogP contribution in [0.25, 0.3) is 0 Å². The van der Waals surface area contributed by atoms with Crippen molar-refractivity contribution in [3.63, 3.8) is 0 Å². The lowest BCUT2D eigenvalue weighted by atomic mass is 9.96. The van der Waals surface area contributed by atoms with Crippen LogP contribution in [0.1, 0.15) is 39.5 Å². The van der Waals surface area contributed by atoms with Crippen LogP contribution in [0, 0.1) is 0 Å². The number of carboxylic acid groups (broad SMARTS) is 3. The van der Waals surface area contributed by atoms with E-state index in [1.165, 1.54) is 0 Å². The second-order valence-corrected chi connectivity index (χ2v) is 8.55. The van der Waals surface area contributed by atoms with Crippen molar-refractivity contribution in [1.29, 1.82) is 0 Å². The molecule has 0 unspecified atom stereocenters. The summed E-state index contributed by atoms with van der Waals surface area (Å²) >= 11 is 0. The number of ether oxygens (including phenoxy) is 3. The second-order valence-electron chi connectivity index (χ2n) is 8.55. The fourth-order valence-corrected chi connectivity index (χ4v) is 3.63. The van der Waals surface area contributed by atoms with E-state index >= 15 is 0 Å². The van der Waals surface area contributed by atoms with E-state index in [0.29, 0.717) is 30.4 Å². The van der Waals surface area contributed by atoms with Gasteiger partial charge in [-0.1, -0.05) is 44.2 Å². The van der Waals surface area contributed by atoms with Crippen LogP contribution in [-0.4, -0.2) is 65.7 Å². The molecule has 0 radical (unpaired) electrons. The van der Waals surface area contributed by atoms with Crippen LogP contribution in [0.3, 0.4) is 0 Å². The standard InChI is InChI=1S/C21H25NO4.C6H8O7/c1-3-22(4-2)14-15-24-21(23)20-19(16-10-6-5-7-11-16)25-17-12-8-9-13-18(17)26-20;7-3(8)1-6(13,5(11)12)2-4(9)10/h5-6,8-10,12-13H,3-4,7,11,14-15H2,1-2H3;13H,1-2H2,(H,7,8)(H,9,10)(H,11,12)/p-3. The molecule has 0 bridgehead atoms. The first-order chi connectivity index (χ1) is 18.5. The molecule has 0 saturated carbocycles. The van der Waals surface area contributed by atoms with Gasteiger partial charge in [-0.25, -0.2) is 4.79 Å². The number of hydrogen-bond acceptors (Lipinski definition) is 12. The summed E-state index contributed by atoms with van der Waals surface area (Å²) in [6.45, 7) is 7.04. The van der Waals surface area contributed by atoms with Gasteiger partial charge in [0.1, 0.15) is 12.2 Å². The SMILES string of the molecule is CCN(CC)CCOC(=O)C1=C(C2=CC=CCC2)Oc2ccccc2O1.O=C([O-])CC(O)(CC(=O)[O-])C(=O)[O-]. The smallest absolute Gasteiger partial charge is 0.378 e. The van der Waals surface area contributed by atoms with Gasteiger partial charge >= 0.3 is 5.97 Å². The largest absolute Gasteiger partial charge is 0.550 e.